The Kier molecular flexibility index (Phi) is 4.20. The molecular weight excluding hydrogens is 282 g/mol. The van der Waals surface area contributed by atoms with Crippen molar-refractivity contribution in [1.29, 1.82) is 0 Å². The molecule has 0 amide bonds. The van der Waals surface area contributed by atoms with E-state index in [9.17, 15) is 8.42 Å². The zero-order valence-corrected chi connectivity index (χ0v) is 12.2. The van der Waals surface area contributed by atoms with E-state index in [1.54, 1.807) is 26.0 Å². The van der Waals surface area contributed by atoms with Gasteiger partial charge in [-0.1, -0.05) is 12.1 Å². The second-order valence-corrected chi connectivity index (χ2v) is 6.22. The van der Waals surface area contributed by atoms with Crippen LogP contribution < -0.4 is 9.88 Å². The predicted molar refractivity (Wildman–Crippen MR) is 71.1 cm³/mol. The van der Waals surface area contributed by atoms with Gasteiger partial charge in [-0.15, -0.1) is 0 Å². The average molecular weight is 299 g/mol. The maximum atomic E-state index is 10.7. The van der Waals surface area contributed by atoms with Crippen LogP contribution in [0.5, 0.6) is 5.75 Å². The Morgan fingerprint density at radius 2 is 2.30 bits per heavy atom. The molecular formula is C13H17NO5S. The summed E-state index contributed by atoms with van der Waals surface area (Å²) in [5.41, 5.74) is 0.846. The standard InChI is InChI=1S/C13H17NO5S/c1-13(2)18-11(7-8-17-20(14,15)16)9-10-5-3-4-6-12(10)19-13/h4,6,11H,7-9H2,1-2H3,(H2,14,15,16). The molecule has 2 rings (SSSR count). The Labute approximate surface area is 119 Å². The van der Waals surface area contributed by atoms with Crippen LogP contribution in [0.3, 0.4) is 0 Å². The van der Waals surface area contributed by atoms with Gasteiger partial charge in [-0.3, -0.25) is 4.18 Å². The third-order valence-corrected chi connectivity index (χ3v) is 3.26. The monoisotopic (exact) mass is 299 g/mol. The molecule has 20 heavy (non-hydrogen) atoms. The van der Waals surface area contributed by atoms with E-state index in [0.717, 1.165) is 5.56 Å². The van der Waals surface area contributed by atoms with Crippen LogP contribution in [0.1, 0.15) is 25.8 Å². The molecule has 0 fully saturated rings. The molecule has 6 nitrogen and oxygen atoms in total. The normalized spacial score (nSPS) is 21.2. The minimum Gasteiger partial charge on any atom is -0.462 e. The lowest BCUT2D eigenvalue weighted by Crippen LogP contribution is -2.35. The quantitative estimate of drug-likeness (QED) is 0.894. The highest BCUT2D eigenvalue weighted by Crippen LogP contribution is 2.30. The van der Waals surface area contributed by atoms with Crippen molar-refractivity contribution in [3.63, 3.8) is 0 Å². The Bertz CT molecular complexity index is 570. The van der Waals surface area contributed by atoms with Gasteiger partial charge in [0.2, 0.25) is 5.79 Å². The Morgan fingerprint density at radius 3 is 3.00 bits per heavy atom. The largest absolute Gasteiger partial charge is 0.462 e. The topological polar surface area (TPSA) is 87.9 Å². The van der Waals surface area contributed by atoms with E-state index in [0.29, 0.717) is 18.6 Å². The first kappa shape index (κ1) is 15.1. The van der Waals surface area contributed by atoms with Gasteiger partial charge in [0.05, 0.1) is 12.7 Å². The molecule has 1 atom stereocenters. The van der Waals surface area contributed by atoms with Crippen molar-refractivity contribution in [2.45, 2.75) is 38.6 Å². The molecule has 1 unspecified atom stereocenters. The zero-order chi connectivity index (χ0) is 14.8. The summed E-state index contributed by atoms with van der Waals surface area (Å²) in [6.45, 7) is 3.56. The molecule has 7 heteroatoms. The first-order chi connectivity index (χ1) is 9.25. The summed E-state index contributed by atoms with van der Waals surface area (Å²) >= 11 is 0. The van der Waals surface area contributed by atoms with Crippen molar-refractivity contribution in [3.05, 3.63) is 29.8 Å². The van der Waals surface area contributed by atoms with E-state index in [2.05, 4.69) is 16.3 Å². The van der Waals surface area contributed by atoms with Crippen LogP contribution in [0.2, 0.25) is 0 Å². The summed E-state index contributed by atoms with van der Waals surface area (Å²) in [4.78, 5) is 0. The highest BCUT2D eigenvalue weighted by atomic mass is 32.2. The molecule has 1 aromatic carbocycles. The Morgan fingerprint density at radius 1 is 1.55 bits per heavy atom. The van der Waals surface area contributed by atoms with Crippen molar-refractivity contribution >= 4 is 10.3 Å². The lowest BCUT2D eigenvalue weighted by atomic mass is 10.1. The van der Waals surface area contributed by atoms with E-state index in [4.69, 9.17) is 14.6 Å². The molecule has 1 aromatic rings. The molecule has 1 aliphatic rings. The summed E-state index contributed by atoms with van der Waals surface area (Å²) in [5, 5.41) is 4.79. The summed E-state index contributed by atoms with van der Waals surface area (Å²) in [6, 6.07) is 9.39. The van der Waals surface area contributed by atoms with Gasteiger partial charge in [-0.25, -0.2) is 5.14 Å². The molecule has 0 aromatic heterocycles. The third-order valence-electron chi connectivity index (χ3n) is 2.76. The van der Waals surface area contributed by atoms with Crippen LogP contribution in [-0.2, 0) is 25.6 Å². The molecule has 1 heterocycles. The Balaban J connectivity index is 2.07. The minimum absolute atomic E-state index is 0.0362. The van der Waals surface area contributed by atoms with Gasteiger partial charge in [-0.05, 0) is 18.6 Å². The molecule has 0 radical (unpaired) electrons. The number of ether oxygens (including phenoxy) is 2. The minimum atomic E-state index is -3.92. The van der Waals surface area contributed by atoms with Gasteiger partial charge in [0, 0.05) is 25.8 Å². The maximum Gasteiger partial charge on any atom is 0.333 e. The molecule has 2 N–H and O–H groups in total. The van der Waals surface area contributed by atoms with Gasteiger partial charge in [0.15, 0.2) is 0 Å². The molecule has 0 spiro atoms. The predicted octanol–water partition coefficient (Wildman–Crippen LogP) is 0.953. The van der Waals surface area contributed by atoms with Crippen molar-refractivity contribution in [1.82, 2.24) is 0 Å². The van der Waals surface area contributed by atoms with Gasteiger partial charge < -0.3 is 9.47 Å². The van der Waals surface area contributed by atoms with Crippen LogP contribution in [0, 0.1) is 12.1 Å². The number of fused-ring (bicyclic) bond motifs is 1. The fraction of sp³-hybridized carbons (Fsp3) is 0.538. The molecule has 0 saturated heterocycles. The number of rotatable bonds is 4. The van der Waals surface area contributed by atoms with Crippen LogP contribution in [0.15, 0.2) is 12.1 Å². The third kappa shape index (κ3) is 4.35. The van der Waals surface area contributed by atoms with Gasteiger partial charge in [0.25, 0.3) is 0 Å². The highest BCUT2D eigenvalue weighted by molar-refractivity contribution is 7.84. The fourth-order valence-electron chi connectivity index (χ4n) is 2.07. The average Bonchev–Trinajstić information content (AvgIpc) is 2.41. The second kappa shape index (κ2) is 5.58. The van der Waals surface area contributed by atoms with Gasteiger partial charge >= 0.3 is 10.3 Å². The summed E-state index contributed by atoms with van der Waals surface area (Å²) in [5.74, 6) is -0.115. The number of nitrogens with two attached hydrogens (primary N) is 1. The van der Waals surface area contributed by atoms with Crippen LogP contribution in [0.25, 0.3) is 0 Å². The summed E-state index contributed by atoms with van der Waals surface area (Å²) < 4.78 is 37.6. The smallest absolute Gasteiger partial charge is 0.333 e. The van der Waals surface area contributed by atoms with Gasteiger partial charge in [0.1, 0.15) is 5.75 Å². The second-order valence-electron chi connectivity index (χ2n) is 4.99. The first-order valence-electron chi connectivity index (χ1n) is 6.20. The lowest BCUT2D eigenvalue weighted by Gasteiger charge is -2.27. The van der Waals surface area contributed by atoms with E-state index >= 15 is 0 Å². The number of hydrogen-bond acceptors (Lipinski definition) is 5. The molecule has 110 valence electrons. The van der Waals surface area contributed by atoms with Crippen LogP contribution >= 0.6 is 0 Å². The molecule has 0 bridgehead atoms. The lowest BCUT2D eigenvalue weighted by molar-refractivity contribution is -0.183. The van der Waals surface area contributed by atoms with Crippen molar-refractivity contribution < 1.29 is 22.1 Å². The summed E-state index contributed by atoms with van der Waals surface area (Å²) in [6.07, 6.45) is 0.676. The highest BCUT2D eigenvalue weighted by Gasteiger charge is 2.31. The van der Waals surface area contributed by atoms with E-state index < -0.39 is 16.1 Å². The van der Waals surface area contributed by atoms with Gasteiger partial charge in [-0.2, -0.15) is 8.42 Å². The van der Waals surface area contributed by atoms with Crippen LogP contribution in [0.4, 0.5) is 0 Å². The van der Waals surface area contributed by atoms with E-state index in [1.165, 1.54) is 0 Å². The first-order valence-corrected chi connectivity index (χ1v) is 7.67. The van der Waals surface area contributed by atoms with E-state index in [-0.39, 0.29) is 12.7 Å². The molecule has 1 aliphatic heterocycles. The van der Waals surface area contributed by atoms with Crippen molar-refractivity contribution in [2.75, 3.05) is 6.61 Å². The maximum absolute atomic E-state index is 10.7. The summed E-state index contributed by atoms with van der Waals surface area (Å²) in [7, 11) is -3.92. The number of hydrogen-bond donors (Lipinski definition) is 1. The molecule has 0 aliphatic carbocycles. The fourth-order valence-corrected chi connectivity index (χ4v) is 2.40. The van der Waals surface area contributed by atoms with Crippen molar-refractivity contribution in [3.8, 4) is 5.75 Å². The Hall–Kier alpha value is -1.33. The van der Waals surface area contributed by atoms with E-state index in [1.807, 2.05) is 0 Å². The van der Waals surface area contributed by atoms with Crippen LogP contribution in [-0.4, -0.2) is 26.9 Å². The SMILES string of the molecule is CC1(C)Oc2ccc#cc2CC(CCOS(N)(=O)=O)O1. The van der Waals surface area contributed by atoms with Crippen molar-refractivity contribution in [2.24, 2.45) is 5.14 Å². The zero-order valence-electron chi connectivity index (χ0n) is 11.4. The molecule has 0 saturated carbocycles.